The maximum Gasteiger partial charge on any atom is 0.251 e. The zero-order valence-corrected chi connectivity index (χ0v) is 12.6. The molecule has 110 valence electrons. The standard InChI is InChI=1S/C18H22N2O/c1-3-17(14-9-6-5-7-10-14)20-16-12-8-11-15(13-16)18(21)19-4-2/h5-13,17,20H,3-4H2,1-2H3,(H,19,21). The zero-order valence-electron chi connectivity index (χ0n) is 12.6. The van der Waals surface area contributed by atoms with Gasteiger partial charge in [-0.25, -0.2) is 0 Å². The third-order valence-corrected chi connectivity index (χ3v) is 3.41. The molecule has 0 aliphatic rings. The molecule has 2 aromatic carbocycles. The molecule has 0 aliphatic heterocycles. The predicted molar refractivity (Wildman–Crippen MR) is 87.5 cm³/mol. The molecule has 1 amide bonds. The lowest BCUT2D eigenvalue weighted by molar-refractivity contribution is 0.0956. The highest BCUT2D eigenvalue weighted by Gasteiger charge is 2.10. The molecule has 0 aliphatic carbocycles. The minimum absolute atomic E-state index is 0.0334. The Morgan fingerprint density at radius 1 is 1.05 bits per heavy atom. The van der Waals surface area contributed by atoms with Crippen molar-refractivity contribution in [2.24, 2.45) is 0 Å². The molecule has 2 aromatic rings. The Morgan fingerprint density at radius 3 is 2.48 bits per heavy atom. The number of benzene rings is 2. The molecule has 0 aromatic heterocycles. The average molecular weight is 282 g/mol. The predicted octanol–water partition coefficient (Wildman–Crippen LogP) is 4.00. The van der Waals surface area contributed by atoms with Gasteiger partial charge in [0, 0.05) is 17.8 Å². The van der Waals surface area contributed by atoms with Gasteiger partial charge in [0.05, 0.1) is 6.04 Å². The summed E-state index contributed by atoms with van der Waals surface area (Å²) in [6.07, 6.45) is 0.982. The van der Waals surface area contributed by atoms with Crippen molar-refractivity contribution in [2.75, 3.05) is 11.9 Å². The van der Waals surface area contributed by atoms with Crippen molar-refractivity contribution >= 4 is 11.6 Å². The summed E-state index contributed by atoms with van der Waals surface area (Å²) < 4.78 is 0. The number of carbonyl (C=O) groups excluding carboxylic acids is 1. The Kier molecular flexibility index (Phi) is 5.38. The quantitative estimate of drug-likeness (QED) is 0.841. The van der Waals surface area contributed by atoms with Crippen LogP contribution in [0.25, 0.3) is 0 Å². The fraction of sp³-hybridized carbons (Fsp3) is 0.278. The van der Waals surface area contributed by atoms with Crippen molar-refractivity contribution in [3.63, 3.8) is 0 Å². The summed E-state index contributed by atoms with van der Waals surface area (Å²) in [7, 11) is 0. The SMILES string of the molecule is CCNC(=O)c1cccc(NC(CC)c2ccccc2)c1. The molecule has 0 heterocycles. The number of anilines is 1. The Bertz CT molecular complexity index is 581. The molecule has 3 heteroatoms. The molecule has 0 spiro atoms. The van der Waals surface area contributed by atoms with Gasteiger partial charge < -0.3 is 10.6 Å². The van der Waals surface area contributed by atoms with Gasteiger partial charge in [-0.1, -0.05) is 43.3 Å². The minimum Gasteiger partial charge on any atom is -0.378 e. The molecule has 3 nitrogen and oxygen atoms in total. The van der Waals surface area contributed by atoms with Crippen LogP contribution in [0, 0.1) is 0 Å². The smallest absolute Gasteiger partial charge is 0.251 e. The van der Waals surface area contributed by atoms with E-state index in [0.717, 1.165) is 12.1 Å². The van der Waals surface area contributed by atoms with Gasteiger partial charge in [-0.3, -0.25) is 4.79 Å². The first-order chi connectivity index (χ1) is 10.2. The van der Waals surface area contributed by atoms with E-state index in [2.05, 4.69) is 29.7 Å². The normalized spacial score (nSPS) is 11.7. The highest BCUT2D eigenvalue weighted by Crippen LogP contribution is 2.22. The van der Waals surface area contributed by atoms with Crippen LogP contribution in [0.4, 0.5) is 5.69 Å². The number of carbonyl (C=O) groups is 1. The van der Waals surface area contributed by atoms with Gasteiger partial charge in [0.15, 0.2) is 0 Å². The van der Waals surface area contributed by atoms with E-state index in [1.54, 1.807) is 0 Å². The first-order valence-electron chi connectivity index (χ1n) is 7.44. The van der Waals surface area contributed by atoms with Gasteiger partial charge in [-0.05, 0) is 37.1 Å². The Morgan fingerprint density at radius 2 is 1.81 bits per heavy atom. The summed E-state index contributed by atoms with van der Waals surface area (Å²) in [5.41, 5.74) is 2.91. The Labute approximate surface area is 126 Å². The topological polar surface area (TPSA) is 41.1 Å². The first kappa shape index (κ1) is 15.1. The summed E-state index contributed by atoms with van der Waals surface area (Å²) in [6.45, 7) is 4.71. The van der Waals surface area contributed by atoms with Crippen molar-refractivity contribution < 1.29 is 4.79 Å². The summed E-state index contributed by atoms with van der Waals surface area (Å²) >= 11 is 0. The van der Waals surface area contributed by atoms with Crippen LogP contribution in [0.2, 0.25) is 0 Å². The number of nitrogens with one attached hydrogen (secondary N) is 2. The monoisotopic (exact) mass is 282 g/mol. The fourth-order valence-electron chi connectivity index (χ4n) is 2.32. The molecule has 0 fully saturated rings. The van der Waals surface area contributed by atoms with Crippen molar-refractivity contribution in [1.29, 1.82) is 0 Å². The lowest BCUT2D eigenvalue weighted by Crippen LogP contribution is -2.22. The van der Waals surface area contributed by atoms with Crippen molar-refractivity contribution in [1.82, 2.24) is 5.32 Å². The highest BCUT2D eigenvalue weighted by molar-refractivity contribution is 5.95. The molecule has 1 atom stereocenters. The van der Waals surface area contributed by atoms with Crippen molar-refractivity contribution in [3.8, 4) is 0 Å². The van der Waals surface area contributed by atoms with E-state index in [0.29, 0.717) is 12.1 Å². The van der Waals surface area contributed by atoms with Gasteiger partial charge in [0.1, 0.15) is 0 Å². The third kappa shape index (κ3) is 4.09. The van der Waals surface area contributed by atoms with E-state index in [9.17, 15) is 4.79 Å². The van der Waals surface area contributed by atoms with Crippen LogP contribution < -0.4 is 10.6 Å². The van der Waals surface area contributed by atoms with E-state index < -0.39 is 0 Å². The Balaban J connectivity index is 2.15. The summed E-state index contributed by atoms with van der Waals surface area (Å²) in [5, 5.41) is 6.32. The van der Waals surface area contributed by atoms with Gasteiger partial charge in [0.2, 0.25) is 0 Å². The summed E-state index contributed by atoms with van der Waals surface area (Å²) in [5.74, 6) is -0.0334. The second-order valence-corrected chi connectivity index (χ2v) is 4.96. The van der Waals surface area contributed by atoms with Crippen molar-refractivity contribution in [2.45, 2.75) is 26.3 Å². The zero-order chi connectivity index (χ0) is 15.1. The molecular formula is C18H22N2O. The van der Waals surface area contributed by atoms with E-state index in [4.69, 9.17) is 0 Å². The van der Waals surface area contributed by atoms with Gasteiger partial charge in [0.25, 0.3) is 5.91 Å². The molecule has 21 heavy (non-hydrogen) atoms. The van der Waals surface area contributed by atoms with Gasteiger partial charge >= 0.3 is 0 Å². The molecule has 2 N–H and O–H groups in total. The summed E-state index contributed by atoms with van der Waals surface area (Å²) in [6, 6.07) is 18.2. The largest absolute Gasteiger partial charge is 0.378 e. The molecule has 0 bridgehead atoms. The molecule has 1 unspecified atom stereocenters. The number of amides is 1. The molecule has 2 rings (SSSR count). The maximum atomic E-state index is 11.9. The maximum absolute atomic E-state index is 11.9. The van der Waals surface area contributed by atoms with Crippen LogP contribution in [0.15, 0.2) is 54.6 Å². The number of hydrogen-bond donors (Lipinski definition) is 2. The average Bonchev–Trinajstić information content (AvgIpc) is 2.54. The lowest BCUT2D eigenvalue weighted by atomic mass is 10.0. The van der Waals surface area contributed by atoms with Crippen LogP contribution in [-0.4, -0.2) is 12.5 Å². The van der Waals surface area contributed by atoms with Crippen molar-refractivity contribution in [3.05, 3.63) is 65.7 Å². The summed E-state index contributed by atoms with van der Waals surface area (Å²) in [4.78, 5) is 11.9. The Hall–Kier alpha value is -2.29. The van der Waals surface area contributed by atoms with Crippen LogP contribution in [0.5, 0.6) is 0 Å². The second-order valence-electron chi connectivity index (χ2n) is 4.96. The molecule has 0 saturated heterocycles. The minimum atomic E-state index is -0.0334. The van der Waals surface area contributed by atoms with E-state index in [-0.39, 0.29) is 11.9 Å². The second kappa shape index (κ2) is 7.48. The molecule has 0 radical (unpaired) electrons. The van der Waals surface area contributed by atoms with Crippen LogP contribution in [0.1, 0.15) is 42.2 Å². The van der Waals surface area contributed by atoms with Crippen LogP contribution in [0.3, 0.4) is 0 Å². The van der Waals surface area contributed by atoms with Crippen LogP contribution >= 0.6 is 0 Å². The number of hydrogen-bond acceptors (Lipinski definition) is 2. The highest BCUT2D eigenvalue weighted by atomic mass is 16.1. The third-order valence-electron chi connectivity index (χ3n) is 3.41. The first-order valence-corrected chi connectivity index (χ1v) is 7.44. The van der Waals surface area contributed by atoms with Crippen LogP contribution in [-0.2, 0) is 0 Å². The molecule has 0 saturated carbocycles. The van der Waals surface area contributed by atoms with E-state index in [1.807, 2.05) is 49.4 Å². The fourth-order valence-corrected chi connectivity index (χ4v) is 2.32. The van der Waals surface area contributed by atoms with Gasteiger partial charge in [-0.2, -0.15) is 0 Å². The lowest BCUT2D eigenvalue weighted by Gasteiger charge is -2.19. The van der Waals surface area contributed by atoms with E-state index in [1.165, 1.54) is 5.56 Å². The van der Waals surface area contributed by atoms with E-state index >= 15 is 0 Å². The van der Waals surface area contributed by atoms with Gasteiger partial charge in [-0.15, -0.1) is 0 Å². The molecular weight excluding hydrogens is 260 g/mol. The number of rotatable bonds is 6.